The largest absolute Gasteiger partial charge is 0.394 e. The van der Waals surface area contributed by atoms with Crippen LogP contribution in [0.2, 0.25) is 0 Å². The number of benzene rings is 1. The third kappa shape index (κ3) is 5.66. The molecule has 1 spiro atoms. The minimum Gasteiger partial charge on any atom is -0.394 e. The highest BCUT2D eigenvalue weighted by Gasteiger charge is 2.75. The smallest absolute Gasteiger partial charge is 0.248 e. The molecule has 4 heterocycles. The lowest BCUT2D eigenvalue weighted by atomic mass is 9.70. The van der Waals surface area contributed by atoms with Gasteiger partial charge in [-0.15, -0.1) is 13.2 Å². The summed E-state index contributed by atoms with van der Waals surface area (Å²) in [7, 11) is 0. The summed E-state index contributed by atoms with van der Waals surface area (Å²) in [6.45, 7) is 16.0. The quantitative estimate of drug-likeness (QED) is 0.349. The van der Waals surface area contributed by atoms with Crippen molar-refractivity contribution in [1.29, 1.82) is 0 Å². The first-order valence-corrected chi connectivity index (χ1v) is 15.6. The maximum atomic E-state index is 14.6. The number of aliphatic hydroxyl groups excluding tert-OH is 1. The second-order valence-electron chi connectivity index (χ2n) is 12.4. The van der Waals surface area contributed by atoms with Crippen LogP contribution >= 0.6 is 0 Å². The van der Waals surface area contributed by atoms with Crippen LogP contribution in [0, 0.1) is 17.8 Å². The number of anilines is 1. The Morgan fingerprint density at radius 3 is 2.44 bits per heavy atom. The molecule has 0 radical (unpaired) electrons. The summed E-state index contributed by atoms with van der Waals surface area (Å²) >= 11 is 0. The molecule has 2 unspecified atom stereocenters. The van der Waals surface area contributed by atoms with Crippen molar-refractivity contribution in [3.8, 4) is 0 Å². The molecule has 0 aliphatic carbocycles. The van der Waals surface area contributed by atoms with Crippen molar-refractivity contribution in [3.63, 3.8) is 0 Å². The van der Waals surface area contributed by atoms with Gasteiger partial charge in [-0.05, 0) is 30.9 Å². The Balaban J connectivity index is 1.51. The van der Waals surface area contributed by atoms with E-state index in [4.69, 9.17) is 9.47 Å². The minimum atomic E-state index is -1.14. The summed E-state index contributed by atoms with van der Waals surface area (Å²) in [6.07, 6.45) is 3.98. The standard InChI is InChI=1S/C33H46N4O6/c1-5-14-35(17-16-34-18-20-42-21-19-34)32(41)29-33-13-12-26(43-33)27(28(33)31(40)37(29)25(22-38)23(3)4)30(39)36(15-6-2)24-10-8-7-9-11-24/h5-11,23,25-29,38H,1-2,12-22H2,3-4H3/t25-,26-,27+,28-,29?,33?/m0/s1. The highest BCUT2D eigenvalue weighted by atomic mass is 16.5. The van der Waals surface area contributed by atoms with Crippen LogP contribution in [0.3, 0.4) is 0 Å². The average Bonchev–Trinajstić information content (AvgIpc) is 3.66. The zero-order chi connectivity index (χ0) is 30.7. The van der Waals surface area contributed by atoms with E-state index in [2.05, 4.69) is 18.1 Å². The van der Waals surface area contributed by atoms with E-state index < -0.39 is 35.6 Å². The van der Waals surface area contributed by atoms with Crippen molar-refractivity contribution < 1.29 is 29.0 Å². The van der Waals surface area contributed by atoms with Gasteiger partial charge in [0.1, 0.15) is 11.6 Å². The van der Waals surface area contributed by atoms with Gasteiger partial charge in [0.05, 0.1) is 43.8 Å². The molecule has 10 nitrogen and oxygen atoms in total. The van der Waals surface area contributed by atoms with Crippen LogP contribution in [0.1, 0.15) is 26.7 Å². The molecule has 4 saturated heterocycles. The SMILES string of the molecule is C=CCN(CCN1CCOCC1)C(=O)C1N([C@@H](CO)C(C)C)C(=O)[C@@H]2[C@H](C(=O)N(CC=C)c3ccccc3)[C@@H]3CCC12O3. The van der Waals surface area contributed by atoms with Crippen molar-refractivity contribution in [1.82, 2.24) is 14.7 Å². The molecule has 234 valence electrons. The molecule has 4 aliphatic rings. The first-order chi connectivity index (χ1) is 20.8. The van der Waals surface area contributed by atoms with E-state index in [1.807, 2.05) is 44.2 Å². The number of carbonyl (C=O) groups excluding carboxylic acids is 3. The van der Waals surface area contributed by atoms with Gasteiger partial charge in [-0.3, -0.25) is 19.3 Å². The second kappa shape index (κ2) is 13.3. The maximum absolute atomic E-state index is 14.6. The summed E-state index contributed by atoms with van der Waals surface area (Å²) in [5, 5.41) is 10.5. The number of rotatable bonds is 13. The normalized spacial score (nSPS) is 29.0. The molecule has 4 aliphatic heterocycles. The molecule has 6 atom stereocenters. The average molecular weight is 595 g/mol. The number of hydrogen-bond donors (Lipinski definition) is 1. The van der Waals surface area contributed by atoms with Gasteiger partial charge in [-0.2, -0.15) is 0 Å². The van der Waals surface area contributed by atoms with Crippen LogP contribution in [-0.2, 0) is 23.9 Å². The number of likely N-dealkylation sites (tertiary alicyclic amines) is 1. The predicted octanol–water partition coefficient (Wildman–Crippen LogP) is 1.94. The number of ether oxygens (including phenoxy) is 2. The number of fused-ring (bicyclic) bond motifs is 1. The van der Waals surface area contributed by atoms with Crippen molar-refractivity contribution in [2.24, 2.45) is 17.8 Å². The number of carbonyl (C=O) groups is 3. The van der Waals surface area contributed by atoms with E-state index in [9.17, 15) is 19.5 Å². The lowest BCUT2D eigenvalue weighted by molar-refractivity contribution is -0.152. The summed E-state index contributed by atoms with van der Waals surface area (Å²) in [5.74, 6) is -2.39. The zero-order valence-electron chi connectivity index (χ0n) is 25.5. The minimum absolute atomic E-state index is 0.117. The fraction of sp³-hybridized carbons (Fsp3) is 0.606. The number of morpholine rings is 1. The van der Waals surface area contributed by atoms with Crippen molar-refractivity contribution in [2.75, 3.05) is 64.0 Å². The Morgan fingerprint density at radius 1 is 1.12 bits per heavy atom. The summed E-state index contributed by atoms with van der Waals surface area (Å²) in [5.41, 5.74) is -0.425. The number of amides is 3. The third-order valence-electron chi connectivity index (χ3n) is 9.67. The Labute approximate surface area is 254 Å². The second-order valence-corrected chi connectivity index (χ2v) is 12.4. The van der Waals surface area contributed by atoms with Crippen molar-refractivity contribution in [3.05, 3.63) is 55.6 Å². The van der Waals surface area contributed by atoms with Gasteiger partial charge < -0.3 is 29.3 Å². The van der Waals surface area contributed by atoms with E-state index in [0.29, 0.717) is 45.7 Å². The van der Waals surface area contributed by atoms with Crippen LogP contribution in [0.5, 0.6) is 0 Å². The molecular weight excluding hydrogens is 548 g/mol. The zero-order valence-corrected chi connectivity index (χ0v) is 25.5. The van der Waals surface area contributed by atoms with Gasteiger partial charge in [0.25, 0.3) is 0 Å². The fourth-order valence-electron chi connectivity index (χ4n) is 7.58. The van der Waals surface area contributed by atoms with Crippen LogP contribution < -0.4 is 4.90 Å². The Kier molecular flexibility index (Phi) is 9.70. The molecule has 3 amide bonds. The Morgan fingerprint density at radius 2 is 1.81 bits per heavy atom. The third-order valence-corrected chi connectivity index (χ3v) is 9.67. The highest BCUT2D eigenvalue weighted by molar-refractivity contribution is 6.03. The Bertz CT molecular complexity index is 1190. The molecule has 1 N–H and O–H groups in total. The van der Waals surface area contributed by atoms with E-state index in [1.165, 1.54) is 0 Å². The van der Waals surface area contributed by atoms with E-state index >= 15 is 0 Å². The highest BCUT2D eigenvalue weighted by Crippen LogP contribution is 2.59. The topological polar surface area (TPSA) is 103 Å². The lowest BCUT2D eigenvalue weighted by Gasteiger charge is -2.40. The van der Waals surface area contributed by atoms with Gasteiger partial charge in [-0.25, -0.2) is 0 Å². The van der Waals surface area contributed by atoms with E-state index in [0.717, 1.165) is 18.8 Å². The molecule has 0 aromatic heterocycles. The van der Waals surface area contributed by atoms with Gasteiger partial charge in [0, 0.05) is 45.0 Å². The molecular formula is C33H46N4O6. The number of hydrogen-bond acceptors (Lipinski definition) is 7. The molecule has 1 aromatic carbocycles. The van der Waals surface area contributed by atoms with Crippen LogP contribution in [0.15, 0.2) is 55.6 Å². The maximum Gasteiger partial charge on any atom is 0.248 e. The molecule has 0 saturated carbocycles. The predicted molar refractivity (Wildman–Crippen MR) is 163 cm³/mol. The number of para-hydroxylation sites is 1. The molecule has 43 heavy (non-hydrogen) atoms. The molecule has 10 heteroatoms. The van der Waals surface area contributed by atoms with E-state index in [1.54, 1.807) is 26.9 Å². The number of aliphatic hydroxyl groups is 1. The Hall–Kier alpha value is -3.05. The van der Waals surface area contributed by atoms with Crippen LogP contribution in [-0.4, -0.2) is 120 Å². The van der Waals surface area contributed by atoms with Gasteiger partial charge in [0.2, 0.25) is 17.7 Å². The molecule has 1 aromatic rings. The first kappa shape index (κ1) is 31.4. The van der Waals surface area contributed by atoms with Gasteiger partial charge >= 0.3 is 0 Å². The molecule has 4 fully saturated rings. The van der Waals surface area contributed by atoms with Crippen LogP contribution in [0.25, 0.3) is 0 Å². The summed E-state index contributed by atoms with van der Waals surface area (Å²) < 4.78 is 12.2. The molecule has 2 bridgehead atoms. The summed E-state index contributed by atoms with van der Waals surface area (Å²) in [4.78, 5) is 50.8. The van der Waals surface area contributed by atoms with Crippen molar-refractivity contribution in [2.45, 2.75) is 50.5 Å². The number of nitrogens with zero attached hydrogens (tertiary/aromatic N) is 4. The van der Waals surface area contributed by atoms with Gasteiger partial charge in [-0.1, -0.05) is 44.2 Å². The lowest BCUT2D eigenvalue weighted by Crippen LogP contribution is -2.60. The first-order valence-electron chi connectivity index (χ1n) is 15.6. The molecule has 5 rings (SSSR count). The van der Waals surface area contributed by atoms with Crippen LogP contribution in [0.4, 0.5) is 5.69 Å². The fourth-order valence-corrected chi connectivity index (χ4v) is 7.58. The van der Waals surface area contributed by atoms with E-state index in [-0.39, 0.29) is 36.8 Å². The van der Waals surface area contributed by atoms with Crippen molar-refractivity contribution >= 4 is 23.4 Å². The summed E-state index contributed by atoms with van der Waals surface area (Å²) in [6, 6.07) is 7.82. The monoisotopic (exact) mass is 594 g/mol. The van der Waals surface area contributed by atoms with Gasteiger partial charge in [0.15, 0.2) is 0 Å².